The highest BCUT2D eigenvalue weighted by Gasteiger charge is 2.40. The van der Waals surface area contributed by atoms with Gasteiger partial charge in [0.15, 0.2) is 0 Å². The molecule has 0 bridgehead atoms. The Bertz CT molecular complexity index is 412. The van der Waals surface area contributed by atoms with E-state index < -0.39 is 18.1 Å². The number of aliphatic hydroxyl groups excluding tert-OH is 1. The van der Waals surface area contributed by atoms with Gasteiger partial charge >= 0.3 is 5.97 Å². The number of rotatable bonds is 9. The third-order valence-corrected chi connectivity index (χ3v) is 4.13. The van der Waals surface area contributed by atoms with E-state index in [9.17, 15) is 14.7 Å². The predicted molar refractivity (Wildman–Crippen MR) is 86.8 cm³/mol. The lowest BCUT2D eigenvalue weighted by Crippen LogP contribution is -2.42. The molecule has 6 heteroatoms. The highest BCUT2D eigenvalue weighted by Crippen LogP contribution is 2.22. The highest BCUT2D eigenvalue weighted by molar-refractivity contribution is 5.85. The molecular weight excluding hydrogens is 298 g/mol. The number of hydrogen-bond acceptors (Lipinski definition) is 5. The smallest absolute Gasteiger partial charge is 0.328 e. The monoisotopic (exact) mass is 327 g/mol. The number of carbonyl (C=O) groups is 2. The maximum atomic E-state index is 12.5. The van der Waals surface area contributed by atoms with Gasteiger partial charge < -0.3 is 19.5 Å². The Morgan fingerprint density at radius 2 is 2.17 bits per heavy atom. The Morgan fingerprint density at radius 3 is 2.74 bits per heavy atom. The van der Waals surface area contributed by atoms with Gasteiger partial charge in [-0.2, -0.15) is 0 Å². The first-order valence-corrected chi connectivity index (χ1v) is 8.24. The van der Waals surface area contributed by atoms with E-state index in [1.54, 1.807) is 0 Å². The van der Waals surface area contributed by atoms with Gasteiger partial charge in [0, 0.05) is 13.0 Å². The van der Waals surface area contributed by atoms with Crippen LogP contribution in [-0.4, -0.2) is 59.9 Å². The van der Waals surface area contributed by atoms with E-state index in [0.29, 0.717) is 6.42 Å². The fraction of sp³-hybridized carbons (Fsp3) is 0.765. The summed E-state index contributed by atoms with van der Waals surface area (Å²) in [7, 11) is 1.29. The van der Waals surface area contributed by atoms with Crippen LogP contribution in [-0.2, 0) is 19.1 Å². The molecule has 1 saturated heterocycles. The summed E-state index contributed by atoms with van der Waals surface area (Å²) < 4.78 is 10.6. The summed E-state index contributed by atoms with van der Waals surface area (Å²) in [4.78, 5) is 25.7. The molecule has 0 aromatic rings. The van der Waals surface area contributed by atoms with Crippen molar-refractivity contribution in [2.24, 2.45) is 0 Å². The van der Waals surface area contributed by atoms with Crippen LogP contribution in [0.2, 0.25) is 0 Å². The van der Waals surface area contributed by atoms with Gasteiger partial charge in [0.25, 0.3) is 0 Å². The van der Waals surface area contributed by atoms with Crippen molar-refractivity contribution >= 4 is 11.9 Å². The number of methoxy groups -OCH3 is 1. The molecule has 132 valence electrons. The van der Waals surface area contributed by atoms with Gasteiger partial charge in [-0.05, 0) is 26.2 Å². The zero-order chi connectivity index (χ0) is 17.4. The Labute approximate surface area is 138 Å². The van der Waals surface area contributed by atoms with Crippen LogP contribution in [0, 0.1) is 0 Å². The number of allylic oxidation sites excluding steroid dienone is 1. The van der Waals surface area contributed by atoms with Crippen LogP contribution in [0.3, 0.4) is 0 Å². The quantitative estimate of drug-likeness (QED) is 0.515. The van der Waals surface area contributed by atoms with Gasteiger partial charge in [-0.15, -0.1) is 6.58 Å². The summed E-state index contributed by atoms with van der Waals surface area (Å²) in [5, 5.41) is 9.75. The average molecular weight is 327 g/mol. The van der Waals surface area contributed by atoms with Crippen LogP contribution >= 0.6 is 0 Å². The van der Waals surface area contributed by atoms with E-state index in [-0.39, 0.29) is 37.5 Å². The molecule has 0 saturated carbocycles. The largest absolute Gasteiger partial charge is 0.467 e. The molecule has 1 aliphatic rings. The van der Waals surface area contributed by atoms with Crippen molar-refractivity contribution in [3.63, 3.8) is 0 Å². The molecule has 6 nitrogen and oxygen atoms in total. The van der Waals surface area contributed by atoms with Crippen molar-refractivity contribution in [2.75, 3.05) is 13.7 Å². The molecule has 0 aromatic carbocycles. The Kier molecular flexibility index (Phi) is 8.26. The topological polar surface area (TPSA) is 76.1 Å². The second-order valence-corrected chi connectivity index (χ2v) is 6.02. The molecule has 1 fully saturated rings. The summed E-state index contributed by atoms with van der Waals surface area (Å²) in [6.45, 7) is 7.80. The average Bonchev–Trinajstić information content (AvgIpc) is 2.93. The lowest BCUT2D eigenvalue weighted by Gasteiger charge is -2.26. The van der Waals surface area contributed by atoms with Crippen molar-refractivity contribution < 1.29 is 24.2 Å². The van der Waals surface area contributed by atoms with Gasteiger partial charge in [0.2, 0.25) is 5.91 Å². The number of ether oxygens (including phenoxy) is 2. The molecule has 1 aliphatic heterocycles. The lowest BCUT2D eigenvalue weighted by atomic mass is 10.1. The van der Waals surface area contributed by atoms with Crippen LogP contribution in [0.4, 0.5) is 0 Å². The fourth-order valence-electron chi connectivity index (χ4n) is 2.80. The number of hydrogen-bond donors (Lipinski definition) is 1. The van der Waals surface area contributed by atoms with E-state index in [0.717, 1.165) is 12.8 Å². The molecule has 0 spiro atoms. The Hall–Kier alpha value is -1.40. The highest BCUT2D eigenvalue weighted by atomic mass is 16.5. The Morgan fingerprint density at radius 1 is 1.48 bits per heavy atom. The first kappa shape index (κ1) is 19.6. The van der Waals surface area contributed by atoms with Gasteiger partial charge in [-0.1, -0.05) is 13.0 Å². The van der Waals surface area contributed by atoms with E-state index in [1.807, 2.05) is 19.9 Å². The van der Waals surface area contributed by atoms with Gasteiger partial charge in [0.1, 0.15) is 6.04 Å². The van der Waals surface area contributed by atoms with Crippen molar-refractivity contribution in [3.8, 4) is 0 Å². The molecular formula is C17H29NO5. The number of amides is 1. The first-order chi connectivity index (χ1) is 10.9. The van der Waals surface area contributed by atoms with Crippen LogP contribution in [0.5, 0.6) is 0 Å². The molecule has 0 aliphatic carbocycles. The summed E-state index contributed by atoms with van der Waals surface area (Å²) >= 11 is 0. The van der Waals surface area contributed by atoms with Crippen molar-refractivity contribution in [1.29, 1.82) is 0 Å². The van der Waals surface area contributed by atoms with Gasteiger partial charge in [-0.3, -0.25) is 4.79 Å². The molecule has 1 N–H and O–H groups in total. The molecule has 1 heterocycles. The van der Waals surface area contributed by atoms with Crippen molar-refractivity contribution in [1.82, 2.24) is 4.90 Å². The molecule has 1 amide bonds. The fourth-order valence-corrected chi connectivity index (χ4v) is 2.80. The van der Waals surface area contributed by atoms with E-state index in [2.05, 4.69) is 6.58 Å². The lowest BCUT2D eigenvalue weighted by molar-refractivity contribution is -0.152. The number of nitrogens with zero attached hydrogens (tertiary/aromatic N) is 1. The molecule has 0 unspecified atom stereocenters. The summed E-state index contributed by atoms with van der Waals surface area (Å²) in [5.74, 6) is -0.664. The molecule has 0 radical (unpaired) electrons. The number of β-amino-alcohol motifs (C(OH)–C–C–N with tert-alkyl or cyclic N) is 1. The maximum absolute atomic E-state index is 12.5. The number of esters is 1. The second kappa shape index (κ2) is 9.67. The zero-order valence-corrected chi connectivity index (χ0v) is 14.4. The van der Waals surface area contributed by atoms with Crippen molar-refractivity contribution in [3.05, 3.63) is 12.7 Å². The van der Waals surface area contributed by atoms with Crippen LogP contribution < -0.4 is 0 Å². The number of likely N-dealkylation sites (tertiary alicyclic amines) is 1. The van der Waals surface area contributed by atoms with Crippen LogP contribution in [0.15, 0.2) is 12.7 Å². The number of carbonyl (C=O) groups excluding carboxylic acids is 2. The molecule has 0 aromatic heterocycles. The van der Waals surface area contributed by atoms with E-state index in [1.165, 1.54) is 12.0 Å². The van der Waals surface area contributed by atoms with Crippen molar-refractivity contribution in [2.45, 2.75) is 70.3 Å². The maximum Gasteiger partial charge on any atom is 0.328 e. The molecule has 1 rings (SSSR count). The van der Waals surface area contributed by atoms with Gasteiger partial charge in [0.05, 0.1) is 31.8 Å². The van der Waals surface area contributed by atoms with Crippen LogP contribution in [0.1, 0.15) is 46.0 Å². The van der Waals surface area contributed by atoms with E-state index in [4.69, 9.17) is 9.47 Å². The second-order valence-electron chi connectivity index (χ2n) is 6.02. The standard InChI is InChI=1S/C17H29NO5/c1-5-7-8-12(3)23-14(6-2)10-16(20)18-11-13(19)9-15(18)17(21)22-4/h5,12-15,19H,1,6-11H2,2-4H3/t12-,13-,14+,15+/m1/s1. The van der Waals surface area contributed by atoms with Crippen LogP contribution in [0.25, 0.3) is 0 Å². The normalized spacial score (nSPS) is 23.4. The predicted octanol–water partition coefficient (Wildman–Crippen LogP) is 1.66. The third-order valence-electron chi connectivity index (χ3n) is 4.13. The summed E-state index contributed by atoms with van der Waals surface area (Å²) in [6.07, 6.45) is 3.89. The zero-order valence-electron chi connectivity index (χ0n) is 14.4. The number of aliphatic hydroxyl groups is 1. The Balaban J connectivity index is 2.60. The SMILES string of the molecule is C=CCC[C@@H](C)O[C@@H](CC)CC(=O)N1C[C@H](O)C[C@H]1C(=O)OC. The molecule has 4 atom stereocenters. The van der Waals surface area contributed by atoms with E-state index >= 15 is 0 Å². The minimum Gasteiger partial charge on any atom is -0.467 e. The summed E-state index contributed by atoms with van der Waals surface area (Å²) in [5.41, 5.74) is 0. The molecule has 23 heavy (non-hydrogen) atoms. The first-order valence-electron chi connectivity index (χ1n) is 8.24. The minimum absolute atomic E-state index is 0.0475. The summed E-state index contributed by atoms with van der Waals surface area (Å²) in [6, 6.07) is -0.696. The third kappa shape index (κ3) is 5.95. The van der Waals surface area contributed by atoms with Gasteiger partial charge in [-0.25, -0.2) is 4.79 Å². The minimum atomic E-state index is -0.696.